The Balaban J connectivity index is 1.92. The van der Waals surface area contributed by atoms with Gasteiger partial charge in [-0.25, -0.2) is 0 Å². The van der Waals surface area contributed by atoms with Gasteiger partial charge in [0.25, 0.3) is 0 Å². The zero-order valence-electron chi connectivity index (χ0n) is 11.3. The predicted molar refractivity (Wildman–Crippen MR) is 79.4 cm³/mol. The second-order valence-electron chi connectivity index (χ2n) is 5.47. The molecule has 1 saturated heterocycles. The molecule has 1 fully saturated rings. The first-order chi connectivity index (χ1) is 9.34. The quantitative estimate of drug-likeness (QED) is 0.879. The van der Waals surface area contributed by atoms with E-state index in [9.17, 15) is 5.11 Å². The molecule has 1 aliphatic rings. The molecule has 0 bridgehead atoms. The minimum Gasteiger partial charge on any atom is -0.508 e. The van der Waals surface area contributed by atoms with Crippen LogP contribution in [0, 0.1) is 0 Å². The highest BCUT2D eigenvalue weighted by Crippen LogP contribution is 2.28. The first-order valence-corrected chi connectivity index (χ1v) is 7.26. The van der Waals surface area contributed by atoms with E-state index in [2.05, 4.69) is 23.1 Å². The van der Waals surface area contributed by atoms with Crippen molar-refractivity contribution in [2.75, 3.05) is 13.1 Å². The number of nitrogens with zero attached hydrogens (tertiary/aromatic N) is 1. The Bertz CT molecular complexity index is 556. The van der Waals surface area contributed by atoms with Gasteiger partial charge in [0.05, 0.1) is 0 Å². The molecule has 0 unspecified atom stereocenters. The summed E-state index contributed by atoms with van der Waals surface area (Å²) in [5.41, 5.74) is 1.08. The van der Waals surface area contributed by atoms with Crippen molar-refractivity contribution in [2.45, 2.75) is 32.2 Å². The summed E-state index contributed by atoms with van der Waals surface area (Å²) < 4.78 is 0. The third kappa shape index (κ3) is 2.74. The molecular weight excluding hydrogens is 234 g/mol. The van der Waals surface area contributed by atoms with Crippen LogP contribution in [0.15, 0.2) is 36.4 Å². The van der Waals surface area contributed by atoms with Crippen LogP contribution in [-0.4, -0.2) is 23.1 Å². The van der Waals surface area contributed by atoms with Gasteiger partial charge >= 0.3 is 0 Å². The lowest BCUT2D eigenvalue weighted by atomic mass is 10.0. The summed E-state index contributed by atoms with van der Waals surface area (Å²) >= 11 is 0. The molecule has 0 spiro atoms. The Hall–Kier alpha value is -1.54. The van der Waals surface area contributed by atoms with E-state index >= 15 is 0 Å². The van der Waals surface area contributed by atoms with Crippen LogP contribution in [0.1, 0.15) is 31.2 Å². The molecule has 19 heavy (non-hydrogen) atoms. The highest BCUT2D eigenvalue weighted by atomic mass is 16.3. The van der Waals surface area contributed by atoms with Crippen LogP contribution in [0.3, 0.4) is 0 Å². The highest BCUT2D eigenvalue weighted by Gasteiger charge is 2.13. The van der Waals surface area contributed by atoms with E-state index in [-0.39, 0.29) is 0 Å². The van der Waals surface area contributed by atoms with Crippen molar-refractivity contribution in [3.05, 3.63) is 42.0 Å². The summed E-state index contributed by atoms with van der Waals surface area (Å²) in [4.78, 5) is 2.48. The highest BCUT2D eigenvalue weighted by molar-refractivity contribution is 5.87. The molecule has 1 N–H and O–H groups in total. The van der Waals surface area contributed by atoms with Gasteiger partial charge in [0.1, 0.15) is 5.75 Å². The molecule has 0 aromatic heterocycles. The molecular formula is C17H21NO. The number of hydrogen-bond donors (Lipinski definition) is 1. The number of phenols is 1. The van der Waals surface area contributed by atoms with Crippen molar-refractivity contribution < 1.29 is 5.11 Å². The molecule has 0 radical (unpaired) electrons. The van der Waals surface area contributed by atoms with Crippen LogP contribution in [0.4, 0.5) is 0 Å². The number of hydrogen-bond acceptors (Lipinski definition) is 2. The number of fused-ring (bicyclic) bond motifs is 1. The SMILES string of the molecule is Oc1ccc2ccccc2c1CN1CCCCCC1. The van der Waals surface area contributed by atoms with Gasteiger partial charge in [0, 0.05) is 12.1 Å². The van der Waals surface area contributed by atoms with Crippen molar-refractivity contribution in [1.82, 2.24) is 4.90 Å². The zero-order chi connectivity index (χ0) is 13.1. The molecule has 2 aromatic carbocycles. The van der Waals surface area contributed by atoms with Gasteiger partial charge in [-0.1, -0.05) is 43.2 Å². The van der Waals surface area contributed by atoms with E-state index in [1.54, 1.807) is 0 Å². The Morgan fingerprint density at radius 1 is 0.895 bits per heavy atom. The van der Waals surface area contributed by atoms with Crippen LogP contribution in [0.5, 0.6) is 5.75 Å². The molecule has 2 nitrogen and oxygen atoms in total. The average molecular weight is 255 g/mol. The average Bonchev–Trinajstić information content (AvgIpc) is 2.71. The summed E-state index contributed by atoms with van der Waals surface area (Å²) in [6, 6.07) is 12.2. The van der Waals surface area contributed by atoms with Crippen LogP contribution in [0.2, 0.25) is 0 Å². The topological polar surface area (TPSA) is 23.5 Å². The van der Waals surface area contributed by atoms with Gasteiger partial charge in [0.2, 0.25) is 0 Å². The summed E-state index contributed by atoms with van der Waals surface area (Å²) in [5.74, 6) is 0.433. The molecule has 1 aliphatic heterocycles. The van der Waals surface area contributed by atoms with Gasteiger partial charge in [-0.3, -0.25) is 4.90 Å². The molecule has 0 aliphatic carbocycles. The second kappa shape index (κ2) is 5.62. The standard InChI is InChI=1S/C17H21NO/c19-17-10-9-14-7-3-4-8-15(14)16(17)13-18-11-5-1-2-6-12-18/h3-4,7-10,19H,1-2,5-6,11-13H2. The summed E-state index contributed by atoms with van der Waals surface area (Å²) in [7, 11) is 0. The number of rotatable bonds is 2. The molecule has 2 heteroatoms. The minimum absolute atomic E-state index is 0.433. The minimum atomic E-state index is 0.433. The number of benzene rings is 2. The van der Waals surface area contributed by atoms with Gasteiger partial charge in [-0.05, 0) is 42.8 Å². The number of likely N-dealkylation sites (tertiary alicyclic amines) is 1. The van der Waals surface area contributed by atoms with Gasteiger partial charge in [-0.2, -0.15) is 0 Å². The predicted octanol–water partition coefficient (Wildman–Crippen LogP) is 3.92. The number of phenolic OH excluding ortho intramolecular Hbond substituents is 1. The fourth-order valence-electron chi connectivity index (χ4n) is 3.01. The summed E-state index contributed by atoms with van der Waals surface area (Å²) in [5, 5.41) is 12.6. The molecule has 0 atom stereocenters. The van der Waals surface area contributed by atoms with Gasteiger partial charge in [0.15, 0.2) is 0 Å². The normalized spacial score (nSPS) is 17.5. The largest absolute Gasteiger partial charge is 0.508 e. The maximum Gasteiger partial charge on any atom is 0.120 e. The van der Waals surface area contributed by atoms with E-state index in [4.69, 9.17) is 0 Å². The van der Waals surface area contributed by atoms with E-state index in [1.807, 2.05) is 18.2 Å². The van der Waals surface area contributed by atoms with E-state index in [1.165, 1.54) is 36.5 Å². The van der Waals surface area contributed by atoms with Crippen LogP contribution >= 0.6 is 0 Å². The van der Waals surface area contributed by atoms with Crippen molar-refractivity contribution in [3.63, 3.8) is 0 Å². The lowest BCUT2D eigenvalue weighted by Gasteiger charge is -2.21. The van der Waals surface area contributed by atoms with Crippen molar-refractivity contribution >= 4 is 10.8 Å². The summed E-state index contributed by atoms with van der Waals surface area (Å²) in [6.07, 6.45) is 5.26. The van der Waals surface area contributed by atoms with Crippen molar-refractivity contribution in [2.24, 2.45) is 0 Å². The molecule has 3 rings (SSSR count). The third-order valence-corrected chi connectivity index (χ3v) is 4.10. The first-order valence-electron chi connectivity index (χ1n) is 7.26. The maximum atomic E-state index is 10.2. The smallest absolute Gasteiger partial charge is 0.120 e. The monoisotopic (exact) mass is 255 g/mol. The number of aromatic hydroxyl groups is 1. The Labute approximate surface area is 114 Å². The Morgan fingerprint density at radius 2 is 1.63 bits per heavy atom. The third-order valence-electron chi connectivity index (χ3n) is 4.10. The Kier molecular flexibility index (Phi) is 3.69. The molecule has 100 valence electrons. The first kappa shape index (κ1) is 12.5. The van der Waals surface area contributed by atoms with Crippen LogP contribution in [-0.2, 0) is 6.54 Å². The molecule has 0 amide bonds. The zero-order valence-corrected chi connectivity index (χ0v) is 11.3. The molecule has 2 aromatic rings. The fraction of sp³-hybridized carbons (Fsp3) is 0.412. The fourth-order valence-corrected chi connectivity index (χ4v) is 3.01. The lowest BCUT2D eigenvalue weighted by molar-refractivity contribution is 0.274. The summed E-state index contributed by atoms with van der Waals surface area (Å²) in [6.45, 7) is 3.18. The second-order valence-corrected chi connectivity index (χ2v) is 5.47. The molecule has 0 saturated carbocycles. The molecule has 1 heterocycles. The van der Waals surface area contributed by atoms with E-state index < -0.39 is 0 Å². The van der Waals surface area contributed by atoms with E-state index in [0.29, 0.717) is 5.75 Å². The van der Waals surface area contributed by atoms with Crippen LogP contribution < -0.4 is 0 Å². The Morgan fingerprint density at radius 3 is 2.42 bits per heavy atom. The van der Waals surface area contributed by atoms with Crippen molar-refractivity contribution in [1.29, 1.82) is 0 Å². The van der Waals surface area contributed by atoms with Gasteiger partial charge < -0.3 is 5.11 Å². The lowest BCUT2D eigenvalue weighted by Crippen LogP contribution is -2.24. The van der Waals surface area contributed by atoms with Crippen LogP contribution in [0.25, 0.3) is 10.8 Å². The van der Waals surface area contributed by atoms with E-state index in [0.717, 1.165) is 25.2 Å². The maximum absolute atomic E-state index is 10.2. The van der Waals surface area contributed by atoms with Crippen molar-refractivity contribution in [3.8, 4) is 5.75 Å². The van der Waals surface area contributed by atoms with Gasteiger partial charge in [-0.15, -0.1) is 0 Å².